The minimum Gasteiger partial charge on any atom is -0.359 e. The Morgan fingerprint density at radius 2 is 1.92 bits per heavy atom. The number of hydrogen-bond acceptors (Lipinski definition) is 2. The summed E-state index contributed by atoms with van der Waals surface area (Å²) in [5.74, 6) is 0.785. The first-order valence-electron chi connectivity index (χ1n) is 5.24. The molecule has 3 nitrogen and oxygen atoms in total. The molecule has 1 aliphatic heterocycles. The molecule has 2 N–H and O–H groups in total. The first-order chi connectivity index (χ1) is 6.33. The van der Waals surface area contributed by atoms with Crippen LogP contribution in [0.25, 0.3) is 0 Å². The van der Waals surface area contributed by atoms with Gasteiger partial charge in [0.1, 0.15) is 0 Å². The maximum absolute atomic E-state index is 10.9. The summed E-state index contributed by atoms with van der Waals surface area (Å²) in [6.45, 7) is 6.14. The Morgan fingerprint density at radius 3 is 2.38 bits per heavy atom. The number of nitrogens with one attached hydrogen (secondary N) is 2. The van der Waals surface area contributed by atoms with Crippen molar-refractivity contribution in [3.8, 4) is 0 Å². The Balaban J connectivity index is 0.000000671. The van der Waals surface area contributed by atoms with E-state index in [1.165, 1.54) is 0 Å². The second kappa shape index (κ2) is 8.05. The molecule has 13 heavy (non-hydrogen) atoms. The van der Waals surface area contributed by atoms with Gasteiger partial charge in [-0.1, -0.05) is 13.8 Å². The van der Waals surface area contributed by atoms with Crippen LogP contribution in [0.3, 0.4) is 0 Å². The lowest BCUT2D eigenvalue weighted by Gasteiger charge is -2.21. The van der Waals surface area contributed by atoms with Gasteiger partial charge >= 0.3 is 0 Å². The van der Waals surface area contributed by atoms with Gasteiger partial charge in [-0.25, -0.2) is 0 Å². The minimum atomic E-state index is 0.178. The fourth-order valence-corrected chi connectivity index (χ4v) is 1.45. The molecular weight excluding hydrogens is 164 g/mol. The van der Waals surface area contributed by atoms with Gasteiger partial charge in [0.05, 0.1) is 0 Å². The fraction of sp³-hybridized carbons (Fsp3) is 0.900. The summed E-state index contributed by atoms with van der Waals surface area (Å²) < 4.78 is 0. The molecule has 0 radical (unpaired) electrons. The van der Waals surface area contributed by atoms with Crippen molar-refractivity contribution in [3.63, 3.8) is 0 Å². The third-order valence-corrected chi connectivity index (χ3v) is 2.21. The van der Waals surface area contributed by atoms with Crippen molar-refractivity contribution >= 4 is 5.91 Å². The molecule has 1 saturated heterocycles. The van der Waals surface area contributed by atoms with E-state index in [-0.39, 0.29) is 5.91 Å². The van der Waals surface area contributed by atoms with Crippen LogP contribution in [0.5, 0.6) is 0 Å². The quantitative estimate of drug-likeness (QED) is 0.679. The Hall–Kier alpha value is -0.570. The van der Waals surface area contributed by atoms with Crippen LogP contribution in [0.1, 0.15) is 33.1 Å². The van der Waals surface area contributed by atoms with E-state index in [0.717, 1.165) is 25.9 Å². The van der Waals surface area contributed by atoms with Crippen molar-refractivity contribution in [2.24, 2.45) is 5.92 Å². The van der Waals surface area contributed by atoms with Crippen LogP contribution in [0.15, 0.2) is 0 Å². The summed E-state index contributed by atoms with van der Waals surface area (Å²) in [5.41, 5.74) is 0. The second-order valence-electron chi connectivity index (χ2n) is 3.07. The lowest BCUT2D eigenvalue weighted by Crippen LogP contribution is -2.31. The third kappa shape index (κ3) is 5.64. The van der Waals surface area contributed by atoms with Crippen molar-refractivity contribution in [1.29, 1.82) is 0 Å². The van der Waals surface area contributed by atoms with Gasteiger partial charge in [0.15, 0.2) is 0 Å². The Morgan fingerprint density at radius 1 is 1.38 bits per heavy atom. The molecule has 0 saturated carbocycles. The molecule has 0 aromatic heterocycles. The van der Waals surface area contributed by atoms with E-state index >= 15 is 0 Å². The topological polar surface area (TPSA) is 41.1 Å². The average molecular weight is 186 g/mol. The molecule has 1 rings (SSSR count). The monoisotopic (exact) mass is 186 g/mol. The maximum atomic E-state index is 10.9. The molecule has 0 atom stereocenters. The first kappa shape index (κ1) is 12.4. The molecule has 78 valence electrons. The highest BCUT2D eigenvalue weighted by atomic mass is 16.1. The van der Waals surface area contributed by atoms with Gasteiger partial charge in [0.25, 0.3) is 0 Å². The van der Waals surface area contributed by atoms with Gasteiger partial charge in [-0.05, 0) is 31.8 Å². The van der Waals surface area contributed by atoms with Gasteiger partial charge in [0, 0.05) is 13.5 Å². The molecule has 1 aliphatic rings. The Kier molecular flexibility index (Phi) is 7.69. The molecule has 1 fully saturated rings. The molecular formula is C10H22N2O. The normalized spacial score (nSPS) is 17.2. The standard InChI is InChI=1S/C8H16N2O.C2H6/c1-9-8(11)6-7-2-4-10-5-3-7;1-2/h7,10H,2-6H2,1H3,(H,9,11);1-2H3. The summed E-state index contributed by atoms with van der Waals surface area (Å²) in [4.78, 5) is 10.9. The van der Waals surface area contributed by atoms with Crippen molar-refractivity contribution in [2.75, 3.05) is 20.1 Å². The second-order valence-corrected chi connectivity index (χ2v) is 3.07. The van der Waals surface area contributed by atoms with E-state index in [4.69, 9.17) is 0 Å². The smallest absolute Gasteiger partial charge is 0.220 e. The minimum absolute atomic E-state index is 0.178. The molecule has 1 heterocycles. The van der Waals surface area contributed by atoms with E-state index in [2.05, 4.69) is 10.6 Å². The molecule has 0 spiro atoms. The highest BCUT2D eigenvalue weighted by Gasteiger charge is 2.15. The summed E-state index contributed by atoms with van der Waals surface area (Å²) in [7, 11) is 1.70. The van der Waals surface area contributed by atoms with E-state index in [1.807, 2.05) is 13.8 Å². The lowest BCUT2D eigenvalue weighted by molar-refractivity contribution is -0.121. The van der Waals surface area contributed by atoms with Gasteiger partial charge in [0.2, 0.25) is 5.91 Å². The average Bonchev–Trinajstić information content (AvgIpc) is 2.22. The SMILES string of the molecule is CC.CNC(=O)CC1CCNCC1. The van der Waals surface area contributed by atoms with Crippen LogP contribution in [-0.2, 0) is 4.79 Å². The number of carbonyl (C=O) groups is 1. The van der Waals surface area contributed by atoms with E-state index in [9.17, 15) is 4.79 Å². The molecule has 1 amide bonds. The van der Waals surface area contributed by atoms with Gasteiger partial charge < -0.3 is 10.6 Å². The highest BCUT2D eigenvalue weighted by molar-refractivity contribution is 5.75. The van der Waals surface area contributed by atoms with Crippen LogP contribution < -0.4 is 10.6 Å². The fourth-order valence-electron chi connectivity index (χ4n) is 1.45. The van der Waals surface area contributed by atoms with E-state index < -0.39 is 0 Å². The summed E-state index contributed by atoms with van der Waals surface area (Å²) in [6.07, 6.45) is 3.00. The van der Waals surface area contributed by atoms with E-state index in [0.29, 0.717) is 12.3 Å². The third-order valence-electron chi connectivity index (χ3n) is 2.21. The lowest BCUT2D eigenvalue weighted by atomic mass is 9.94. The largest absolute Gasteiger partial charge is 0.359 e. The number of hydrogen-bond donors (Lipinski definition) is 2. The predicted molar refractivity (Wildman–Crippen MR) is 55.6 cm³/mol. The number of piperidine rings is 1. The highest BCUT2D eigenvalue weighted by Crippen LogP contribution is 2.14. The zero-order chi connectivity index (χ0) is 10.1. The van der Waals surface area contributed by atoms with Crippen molar-refractivity contribution in [3.05, 3.63) is 0 Å². The predicted octanol–water partition coefficient (Wildman–Crippen LogP) is 1.15. The first-order valence-corrected chi connectivity index (χ1v) is 5.24. The van der Waals surface area contributed by atoms with E-state index in [1.54, 1.807) is 7.05 Å². The van der Waals surface area contributed by atoms with Crippen LogP contribution in [0.4, 0.5) is 0 Å². The van der Waals surface area contributed by atoms with Crippen LogP contribution >= 0.6 is 0 Å². The zero-order valence-electron chi connectivity index (χ0n) is 9.02. The Bertz CT molecular complexity index is 131. The van der Waals surface area contributed by atoms with Crippen molar-refractivity contribution in [1.82, 2.24) is 10.6 Å². The zero-order valence-corrected chi connectivity index (χ0v) is 9.02. The molecule has 0 bridgehead atoms. The van der Waals surface area contributed by atoms with Crippen LogP contribution in [-0.4, -0.2) is 26.0 Å². The van der Waals surface area contributed by atoms with Gasteiger partial charge in [-0.2, -0.15) is 0 Å². The molecule has 0 unspecified atom stereocenters. The Labute approximate surface area is 81.3 Å². The van der Waals surface area contributed by atoms with Gasteiger partial charge in [-0.15, -0.1) is 0 Å². The number of amides is 1. The molecule has 0 aromatic carbocycles. The molecule has 0 aromatic rings. The summed E-state index contributed by atoms with van der Waals surface area (Å²) in [5, 5.41) is 5.93. The summed E-state index contributed by atoms with van der Waals surface area (Å²) >= 11 is 0. The molecule has 0 aliphatic carbocycles. The number of carbonyl (C=O) groups excluding carboxylic acids is 1. The summed E-state index contributed by atoms with van der Waals surface area (Å²) in [6, 6.07) is 0. The van der Waals surface area contributed by atoms with Crippen molar-refractivity contribution < 1.29 is 4.79 Å². The van der Waals surface area contributed by atoms with Crippen LogP contribution in [0.2, 0.25) is 0 Å². The maximum Gasteiger partial charge on any atom is 0.220 e. The van der Waals surface area contributed by atoms with Crippen molar-refractivity contribution in [2.45, 2.75) is 33.1 Å². The van der Waals surface area contributed by atoms with Gasteiger partial charge in [-0.3, -0.25) is 4.79 Å². The molecule has 3 heteroatoms. The number of rotatable bonds is 2. The van der Waals surface area contributed by atoms with Crippen LogP contribution in [0, 0.1) is 5.92 Å².